The molecule has 136 valence electrons. The van der Waals surface area contributed by atoms with Crippen LogP contribution in [-0.4, -0.2) is 37.0 Å². The van der Waals surface area contributed by atoms with Gasteiger partial charge in [-0.15, -0.1) is 0 Å². The van der Waals surface area contributed by atoms with E-state index in [0.717, 1.165) is 0 Å². The molecule has 21 heavy (non-hydrogen) atoms. The van der Waals surface area contributed by atoms with Crippen molar-refractivity contribution in [3.05, 3.63) is 0 Å². The van der Waals surface area contributed by atoms with Crippen LogP contribution in [0.25, 0.3) is 0 Å². The Balaban J connectivity index is 5.30. The molecule has 0 aliphatic carbocycles. The summed E-state index contributed by atoms with van der Waals surface area (Å²) in [4.78, 5) is 0. The quantitative estimate of drug-likeness (QED) is 0.209. The van der Waals surface area contributed by atoms with E-state index < -0.39 is 10.9 Å². The Labute approximate surface area is 144 Å². The van der Waals surface area contributed by atoms with Crippen LogP contribution in [0.1, 0.15) is 80.1 Å². The number of hydrogen-bond donors (Lipinski definition) is 0. The van der Waals surface area contributed by atoms with E-state index in [1.165, 1.54) is 55.5 Å². The Kier molecular flexibility index (Phi) is 13.8. The van der Waals surface area contributed by atoms with E-state index in [0.29, 0.717) is 0 Å². The van der Waals surface area contributed by atoms with Crippen LogP contribution in [0.2, 0.25) is 0 Å². The van der Waals surface area contributed by atoms with Crippen molar-refractivity contribution in [3.8, 4) is 0 Å². The third-order valence-corrected chi connectivity index (χ3v) is 37.1. The van der Waals surface area contributed by atoms with Gasteiger partial charge in [-0.25, -0.2) is 0 Å². The summed E-state index contributed by atoms with van der Waals surface area (Å²) in [5.41, 5.74) is -1.86. The molecule has 0 heterocycles. The molecule has 0 atom stereocenters. The van der Waals surface area contributed by atoms with Gasteiger partial charge in [0.05, 0.1) is 0 Å². The third kappa shape index (κ3) is 8.25. The second kappa shape index (κ2) is 12.9. The van der Waals surface area contributed by atoms with Crippen molar-refractivity contribution in [1.29, 1.82) is 0 Å². The molecule has 0 bridgehead atoms. The average Bonchev–Trinajstić information content (AvgIpc) is 2.40. The summed E-state index contributed by atoms with van der Waals surface area (Å²) in [5, 5.41) is 0. The molecule has 0 aliphatic rings. The Morgan fingerprint density at radius 1 is 0.429 bits per heavy atom. The SMILES string of the molecule is CCC[PH](CCC)(CCC)[Pd][PH](CCC)(CCC)CCC. The van der Waals surface area contributed by atoms with Gasteiger partial charge in [0, 0.05) is 0 Å². The fraction of sp³-hybridized carbons (Fsp3) is 1.00. The molecule has 3 heteroatoms. The monoisotopic (exact) mass is 428 g/mol. The molecule has 0 aliphatic heterocycles. The van der Waals surface area contributed by atoms with Gasteiger partial charge in [0.15, 0.2) is 0 Å². The van der Waals surface area contributed by atoms with E-state index >= 15 is 0 Å². The van der Waals surface area contributed by atoms with Crippen molar-refractivity contribution in [3.63, 3.8) is 0 Å². The summed E-state index contributed by atoms with van der Waals surface area (Å²) in [6.45, 7) is 14.7. The van der Waals surface area contributed by atoms with E-state index in [9.17, 15) is 0 Å². The van der Waals surface area contributed by atoms with Crippen LogP contribution in [0, 0.1) is 0 Å². The van der Waals surface area contributed by atoms with Gasteiger partial charge in [-0.1, -0.05) is 0 Å². The molecule has 0 aromatic rings. The first-order valence-corrected chi connectivity index (χ1v) is 19.2. The maximum atomic E-state index is 2.45. The predicted octanol–water partition coefficient (Wildman–Crippen LogP) is 6.86. The summed E-state index contributed by atoms with van der Waals surface area (Å²) in [5.74, 6) is 0. The number of rotatable bonds is 14. The van der Waals surface area contributed by atoms with Gasteiger partial charge in [0.2, 0.25) is 0 Å². The van der Waals surface area contributed by atoms with Crippen molar-refractivity contribution in [1.82, 2.24) is 0 Å². The topological polar surface area (TPSA) is 0 Å². The first kappa shape index (κ1) is 22.5. The number of hydrogen-bond acceptors (Lipinski definition) is 0. The van der Waals surface area contributed by atoms with Gasteiger partial charge in [0.1, 0.15) is 0 Å². The maximum absolute atomic E-state index is 2.45. The standard InChI is InChI=1S/2C9H21P.Pd/c2*1-4-7-10(8-5-2)9-6-3;/h2*4-9H2,1-3H3;/q;;-2/p+2. The molecule has 0 radical (unpaired) electrons. The Hall–Kier alpha value is 1.52. The first-order valence-electron chi connectivity index (χ1n) is 9.68. The zero-order valence-electron chi connectivity index (χ0n) is 15.8. The van der Waals surface area contributed by atoms with Crippen molar-refractivity contribution in [2.45, 2.75) is 80.1 Å². The second-order valence-corrected chi connectivity index (χ2v) is 28.1. The van der Waals surface area contributed by atoms with Crippen LogP contribution in [0.5, 0.6) is 0 Å². The molecule has 0 aromatic heterocycles. The molecular weight excluding hydrogens is 385 g/mol. The van der Waals surface area contributed by atoms with Gasteiger partial charge in [-0.05, 0) is 0 Å². The summed E-state index contributed by atoms with van der Waals surface area (Å²) in [6, 6.07) is 0. The molecule has 0 amide bonds. The van der Waals surface area contributed by atoms with E-state index in [1.807, 2.05) is 0 Å². The van der Waals surface area contributed by atoms with Crippen LogP contribution in [0.15, 0.2) is 0 Å². The van der Waals surface area contributed by atoms with Crippen LogP contribution in [0.3, 0.4) is 0 Å². The molecule has 0 aromatic carbocycles. The van der Waals surface area contributed by atoms with Gasteiger partial charge >= 0.3 is 145 Å². The molecule has 0 saturated heterocycles. The summed E-state index contributed by atoms with van der Waals surface area (Å²) in [6.07, 6.45) is 18.6. The van der Waals surface area contributed by atoms with Gasteiger partial charge in [-0.3, -0.25) is 0 Å². The Bertz CT molecular complexity index is 185. The van der Waals surface area contributed by atoms with E-state index in [1.54, 1.807) is 37.0 Å². The predicted molar refractivity (Wildman–Crippen MR) is 108 cm³/mol. The zero-order chi connectivity index (χ0) is 16.2. The summed E-state index contributed by atoms with van der Waals surface area (Å²) < 4.78 is 0. The summed E-state index contributed by atoms with van der Waals surface area (Å²) >= 11 is 1.23. The minimum atomic E-state index is -0.931. The molecule has 0 rings (SSSR count). The van der Waals surface area contributed by atoms with Crippen molar-refractivity contribution >= 4 is 10.9 Å². The zero-order valence-corrected chi connectivity index (χ0v) is 19.4. The molecule has 0 nitrogen and oxygen atoms in total. The van der Waals surface area contributed by atoms with Gasteiger partial charge in [-0.2, -0.15) is 0 Å². The van der Waals surface area contributed by atoms with Crippen LogP contribution < -0.4 is 0 Å². The van der Waals surface area contributed by atoms with Crippen LogP contribution >= 0.6 is 10.9 Å². The fourth-order valence-electron chi connectivity index (χ4n) is 3.94. The van der Waals surface area contributed by atoms with Crippen molar-refractivity contribution < 1.29 is 17.0 Å². The van der Waals surface area contributed by atoms with E-state index in [-0.39, 0.29) is 0 Å². The second-order valence-electron chi connectivity index (χ2n) is 6.75. The molecular formula is C18H44P2Pd. The van der Waals surface area contributed by atoms with Gasteiger partial charge in [0.25, 0.3) is 0 Å². The molecule has 0 unspecified atom stereocenters. The normalized spacial score (nSPS) is 14.6. The molecule has 0 spiro atoms. The van der Waals surface area contributed by atoms with Crippen LogP contribution in [0.4, 0.5) is 0 Å². The minimum absolute atomic E-state index is 0.931. The molecule has 0 saturated carbocycles. The Morgan fingerprint density at radius 2 is 0.619 bits per heavy atom. The van der Waals surface area contributed by atoms with Crippen LogP contribution in [-0.2, 0) is 17.0 Å². The van der Waals surface area contributed by atoms with E-state index in [4.69, 9.17) is 0 Å². The van der Waals surface area contributed by atoms with Gasteiger partial charge < -0.3 is 0 Å². The Morgan fingerprint density at radius 3 is 0.762 bits per heavy atom. The first-order chi connectivity index (χ1) is 10.1. The average molecular weight is 429 g/mol. The van der Waals surface area contributed by atoms with E-state index in [2.05, 4.69) is 41.5 Å². The molecule has 0 fully saturated rings. The molecule has 0 N–H and O–H groups in total. The van der Waals surface area contributed by atoms with Crippen molar-refractivity contribution in [2.75, 3.05) is 37.0 Å². The summed E-state index contributed by atoms with van der Waals surface area (Å²) in [7, 11) is 0. The third-order valence-electron chi connectivity index (χ3n) is 4.43. The fourth-order valence-corrected chi connectivity index (χ4v) is 48.6. The van der Waals surface area contributed by atoms with Crippen molar-refractivity contribution in [2.24, 2.45) is 0 Å².